The zero-order valence-electron chi connectivity index (χ0n) is 10.2. The lowest BCUT2D eigenvalue weighted by Crippen LogP contribution is -2.33. The summed E-state index contributed by atoms with van der Waals surface area (Å²) >= 11 is 0. The molecule has 2 nitrogen and oxygen atoms in total. The van der Waals surface area contributed by atoms with Gasteiger partial charge in [-0.05, 0) is 24.7 Å². The zero-order chi connectivity index (χ0) is 11.5. The van der Waals surface area contributed by atoms with E-state index in [1.54, 1.807) is 0 Å². The maximum atomic E-state index is 8.81. The molecule has 0 saturated carbocycles. The van der Waals surface area contributed by atoms with E-state index in [-0.39, 0.29) is 5.92 Å². The Morgan fingerprint density at radius 3 is 2.33 bits per heavy atom. The number of hydrogen-bond acceptors (Lipinski definition) is 2. The van der Waals surface area contributed by atoms with Crippen molar-refractivity contribution in [2.24, 2.45) is 11.3 Å². The number of nitrogens with zero attached hydrogens (tertiary/aromatic N) is 2. The molecule has 0 aromatic rings. The highest BCUT2D eigenvalue weighted by Gasteiger charge is 2.22. The molecule has 84 valence electrons. The minimum absolute atomic E-state index is 0.267. The van der Waals surface area contributed by atoms with Crippen LogP contribution >= 0.6 is 0 Å². The van der Waals surface area contributed by atoms with Crippen molar-refractivity contribution in [2.45, 2.75) is 40.0 Å². The van der Waals surface area contributed by atoms with Crippen LogP contribution in [0.15, 0.2) is 12.3 Å². The van der Waals surface area contributed by atoms with Gasteiger partial charge in [0, 0.05) is 24.7 Å². The second-order valence-corrected chi connectivity index (χ2v) is 5.69. The molecule has 1 aliphatic heterocycles. The van der Waals surface area contributed by atoms with Crippen LogP contribution in [-0.2, 0) is 0 Å². The first-order valence-corrected chi connectivity index (χ1v) is 5.75. The fourth-order valence-corrected chi connectivity index (χ4v) is 2.05. The molecule has 0 atom stereocenters. The van der Waals surface area contributed by atoms with Crippen LogP contribution in [0.2, 0.25) is 0 Å². The summed E-state index contributed by atoms with van der Waals surface area (Å²) in [6.07, 6.45) is 3.05. The summed E-state index contributed by atoms with van der Waals surface area (Å²) in [6.45, 7) is 12.9. The SMILES string of the molecule is C=C(CC(C)(C)C)N1CCC(C#N)CC1. The van der Waals surface area contributed by atoms with E-state index in [0.29, 0.717) is 5.41 Å². The van der Waals surface area contributed by atoms with Gasteiger partial charge in [0.15, 0.2) is 0 Å². The summed E-state index contributed by atoms with van der Waals surface area (Å²) < 4.78 is 0. The lowest BCUT2D eigenvalue weighted by molar-refractivity contribution is 0.229. The van der Waals surface area contributed by atoms with Crippen molar-refractivity contribution < 1.29 is 0 Å². The summed E-state index contributed by atoms with van der Waals surface area (Å²) in [7, 11) is 0. The van der Waals surface area contributed by atoms with Crippen LogP contribution in [0.5, 0.6) is 0 Å². The van der Waals surface area contributed by atoms with Gasteiger partial charge in [0.2, 0.25) is 0 Å². The largest absolute Gasteiger partial charge is 0.375 e. The van der Waals surface area contributed by atoms with Gasteiger partial charge in [-0.3, -0.25) is 0 Å². The molecule has 0 aliphatic carbocycles. The van der Waals surface area contributed by atoms with Crippen molar-refractivity contribution in [1.29, 1.82) is 5.26 Å². The van der Waals surface area contributed by atoms with Crippen molar-refractivity contribution in [3.8, 4) is 6.07 Å². The molecule has 15 heavy (non-hydrogen) atoms. The van der Waals surface area contributed by atoms with Gasteiger partial charge in [-0.2, -0.15) is 5.26 Å². The molecule has 0 amide bonds. The van der Waals surface area contributed by atoms with E-state index in [1.807, 2.05) is 0 Å². The molecule has 0 aromatic carbocycles. The van der Waals surface area contributed by atoms with Gasteiger partial charge in [0.05, 0.1) is 6.07 Å². The second kappa shape index (κ2) is 4.70. The first-order valence-electron chi connectivity index (χ1n) is 5.75. The Bertz CT molecular complexity index is 259. The smallest absolute Gasteiger partial charge is 0.0657 e. The van der Waals surface area contributed by atoms with Crippen molar-refractivity contribution >= 4 is 0 Å². The second-order valence-electron chi connectivity index (χ2n) is 5.69. The highest BCUT2D eigenvalue weighted by molar-refractivity contribution is 5.00. The topological polar surface area (TPSA) is 27.0 Å². The summed E-state index contributed by atoms with van der Waals surface area (Å²) in [6, 6.07) is 2.36. The summed E-state index contributed by atoms with van der Waals surface area (Å²) in [4.78, 5) is 2.35. The minimum atomic E-state index is 0.267. The third-order valence-electron chi connectivity index (χ3n) is 2.86. The molecule has 0 unspecified atom stereocenters. The molecular weight excluding hydrogens is 184 g/mol. The first-order chi connectivity index (χ1) is 6.92. The standard InChI is InChI=1S/C13H22N2/c1-11(9-13(2,3)4)15-7-5-12(10-14)6-8-15/h12H,1,5-9H2,2-4H3. The monoisotopic (exact) mass is 206 g/mol. The molecular formula is C13H22N2. The van der Waals surface area contributed by atoms with E-state index in [9.17, 15) is 0 Å². The van der Waals surface area contributed by atoms with E-state index in [2.05, 4.69) is 38.3 Å². The van der Waals surface area contributed by atoms with Crippen LogP contribution in [0.4, 0.5) is 0 Å². The number of piperidine rings is 1. The van der Waals surface area contributed by atoms with E-state index in [1.165, 1.54) is 5.70 Å². The fraction of sp³-hybridized carbons (Fsp3) is 0.769. The number of allylic oxidation sites excluding steroid dienone is 1. The number of likely N-dealkylation sites (tertiary alicyclic amines) is 1. The Kier molecular flexibility index (Phi) is 3.79. The number of hydrogen-bond donors (Lipinski definition) is 0. The van der Waals surface area contributed by atoms with Crippen molar-refractivity contribution in [2.75, 3.05) is 13.1 Å². The predicted molar refractivity (Wildman–Crippen MR) is 63.1 cm³/mol. The minimum Gasteiger partial charge on any atom is -0.375 e. The molecule has 2 heteroatoms. The normalized spacial score (nSPS) is 18.7. The lowest BCUT2D eigenvalue weighted by Gasteiger charge is -2.35. The van der Waals surface area contributed by atoms with Crippen LogP contribution < -0.4 is 0 Å². The lowest BCUT2D eigenvalue weighted by atomic mass is 9.89. The molecule has 0 radical (unpaired) electrons. The fourth-order valence-electron chi connectivity index (χ4n) is 2.05. The van der Waals surface area contributed by atoms with Gasteiger partial charge >= 0.3 is 0 Å². The Morgan fingerprint density at radius 2 is 1.93 bits per heavy atom. The van der Waals surface area contributed by atoms with E-state index >= 15 is 0 Å². The summed E-state index contributed by atoms with van der Waals surface area (Å²) in [5, 5.41) is 8.81. The van der Waals surface area contributed by atoms with Gasteiger partial charge in [-0.1, -0.05) is 27.4 Å². The number of rotatable bonds is 2. The van der Waals surface area contributed by atoms with Crippen molar-refractivity contribution in [3.63, 3.8) is 0 Å². The van der Waals surface area contributed by atoms with Gasteiger partial charge in [-0.25, -0.2) is 0 Å². The molecule has 1 fully saturated rings. The molecule has 0 bridgehead atoms. The maximum Gasteiger partial charge on any atom is 0.0657 e. The summed E-state index contributed by atoms with van der Waals surface area (Å²) in [5.74, 6) is 0.267. The van der Waals surface area contributed by atoms with E-state index in [4.69, 9.17) is 5.26 Å². The first kappa shape index (κ1) is 12.1. The molecule has 1 heterocycles. The Hall–Kier alpha value is -0.970. The van der Waals surface area contributed by atoms with E-state index in [0.717, 1.165) is 32.4 Å². The van der Waals surface area contributed by atoms with E-state index < -0.39 is 0 Å². The molecule has 1 aliphatic rings. The third-order valence-corrected chi connectivity index (χ3v) is 2.86. The van der Waals surface area contributed by atoms with Crippen LogP contribution in [0.25, 0.3) is 0 Å². The molecule has 0 aromatic heterocycles. The summed E-state index contributed by atoms with van der Waals surface area (Å²) in [5.41, 5.74) is 1.54. The Balaban J connectivity index is 2.41. The van der Waals surface area contributed by atoms with Crippen molar-refractivity contribution in [1.82, 2.24) is 4.90 Å². The third kappa shape index (κ3) is 3.95. The van der Waals surface area contributed by atoms with Gasteiger partial charge < -0.3 is 4.90 Å². The van der Waals surface area contributed by atoms with Gasteiger partial charge in [-0.15, -0.1) is 0 Å². The van der Waals surface area contributed by atoms with Gasteiger partial charge in [0.25, 0.3) is 0 Å². The molecule has 1 saturated heterocycles. The number of nitriles is 1. The molecule has 1 rings (SSSR count). The van der Waals surface area contributed by atoms with Crippen LogP contribution in [0, 0.1) is 22.7 Å². The quantitative estimate of drug-likeness (QED) is 0.694. The average molecular weight is 206 g/mol. The maximum absolute atomic E-state index is 8.81. The predicted octanol–water partition coefficient (Wildman–Crippen LogP) is 3.17. The average Bonchev–Trinajstić information content (AvgIpc) is 2.15. The molecule has 0 N–H and O–H groups in total. The van der Waals surface area contributed by atoms with Crippen molar-refractivity contribution in [3.05, 3.63) is 12.3 Å². The van der Waals surface area contributed by atoms with Gasteiger partial charge in [0.1, 0.15) is 0 Å². The molecule has 0 spiro atoms. The Labute approximate surface area is 93.6 Å². The highest BCUT2D eigenvalue weighted by Crippen LogP contribution is 2.27. The van der Waals surface area contributed by atoms with Crippen LogP contribution in [0.3, 0.4) is 0 Å². The Morgan fingerprint density at radius 1 is 1.40 bits per heavy atom. The highest BCUT2D eigenvalue weighted by atomic mass is 15.1. The zero-order valence-corrected chi connectivity index (χ0v) is 10.2. The van der Waals surface area contributed by atoms with Crippen LogP contribution in [-0.4, -0.2) is 18.0 Å². The van der Waals surface area contributed by atoms with Crippen LogP contribution in [0.1, 0.15) is 40.0 Å².